The van der Waals surface area contributed by atoms with E-state index < -0.39 is 6.10 Å². The summed E-state index contributed by atoms with van der Waals surface area (Å²) in [6.45, 7) is 2.64. The highest BCUT2D eigenvalue weighted by molar-refractivity contribution is 6.31. The Bertz CT molecular complexity index is 386. The summed E-state index contributed by atoms with van der Waals surface area (Å²) >= 11 is 6.15. The zero-order chi connectivity index (χ0) is 13.0. The molecule has 1 saturated carbocycles. The first-order valence-electron chi connectivity index (χ1n) is 6.73. The Morgan fingerprint density at radius 1 is 1.33 bits per heavy atom. The predicted molar refractivity (Wildman–Crippen MR) is 74.0 cm³/mol. The fourth-order valence-corrected chi connectivity index (χ4v) is 3.11. The van der Waals surface area contributed by atoms with Gasteiger partial charge in [-0.15, -0.1) is 0 Å². The van der Waals surface area contributed by atoms with Gasteiger partial charge in [0.25, 0.3) is 0 Å². The molecule has 1 aliphatic carbocycles. The lowest BCUT2D eigenvalue weighted by Gasteiger charge is -2.34. The summed E-state index contributed by atoms with van der Waals surface area (Å²) in [5.41, 5.74) is 0.645. The van der Waals surface area contributed by atoms with Gasteiger partial charge in [-0.1, -0.05) is 42.6 Å². The molecule has 18 heavy (non-hydrogen) atoms. The van der Waals surface area contributed by atoms with E-state index in [0.717, 1.165) is 36.3 Å². The Balaban J connectivity index is 2.10. The summed E-state index contributed by atoms with van der Waals surface area (Å²) in [6, 6.07) is 7.70. The molecule has 0 spiro atoms. The molecule has 0 aromatic heterocycles. The second-order valence-electron chi connectivity index (χ2n) is 5.02. The zero-order valence-electron chi connectivity index (χ0n) is 10.9. The number of ether oxygens (including phenoxy) is 1. The van der Waals surface area contributed by atoms with Gasteiger partial charge in [-0.05, 0) is 31.4 Å². The minimum absolute atomic E-state index is 0.353. The van der Waals surface area contributed by atoms with Gasteiger partial charge in [-0.3, -0.25) is 0 Å². The molecule has 100 valence electrons. The average molecular weight is 269 g/mol. The van der Waals surface area contributed by atoms with E-state index in [0.29, 0.717) is 13.0 Å². The lowest BCUT2D eigenvalue weighted by atomic mass is 9.89. The van der Waals surface area contributed by atoms with Crippen molar-refractivity contribution in [2.45, 2.75) is 50.7 Å². The van der Waals surface area contributed by atoms with Gasteiger partial charge in [0, 0.05) is 18.1 Å². The van der Waals surface area contributed by atoms with Crippen molar-refractivity contribution in [3.05, 3.63) is 34.9 Å². The molecule has 1 unspecified atom stereocenters. The van der Waals surface area contributed by atoms with Crippen LogP contribution >= 0.6 is 11.6 Å². The van der Waals surface area contributed by atoms with E-state index >= 15 is 0 Å². The van der Waals surface area contributed by atoms with Gasteiger partial charge >= 0.3 is 0 Å². The van der Waals surface area contributed by atoms with Gasteiger partial charge in [0.1, 0.15) is 0 Å². The summed E-state index contributed by atoms with van der Waals surface area (Å²) in [7, 11) is 0. The Labute approximate surface area is 114 Å². The van der Waals surface area contributed by atoms with Crippen molar-refractivity contribution in [2.24, 2.45) is 0 Å². The number of halogens is 1. The monoisotopic (exact) mass is 268 g/mol. The van der Waals surface area contributed by atoms with Crippen LogP contribution in [0.1, 0.15) is 38.2 Å². The second kappa shape index (κ2) is 6.05. The quantitative estimate of drug-likeness (QED) is 0.884. The third-order valence-electron chi connectivity index (χ3n) is 3.86. The lowest BCUT2D eigenvalue weighted by Crippen LogP contribution is -2.43. The highest BCUT2D eigenvalue weighted by atomic mass is 35.5. The van der Waals surface area contributed by atoms with Crippen LogP contribution in [0.4, 0.5) is 0 Å². The van der Waals surface area contributed by atoms with Gasteiger partial charge < -0.3 is 9.84 Å². The molecule has 0 radical (unpaired) electrons. The molecule has 2 nitrogen and oxygen atoms in total. The van der Waals surface area contributed by atoms with Crippen molar-refractivity contribution in [3.63, 3.8) is 0 Å². The molecule has 0 amide bonds. The number of aliphatic hydroxyl groups excluding tert-OH is 1. The van der Waals surface area contributed by atoms with Crippen LogP contribution < -0.4 is 0 Å². The van der Waals surface area contributed by atoms with E-state index in [1.165, 1.54) is 0 Å². The number of hydrogen-bond acceptors (Lipinski definition) is 2. The topological polar surface area (TPSA) is 29.5 Å². The van der Waals surface area contributed by atoms with Crippen LogP contribution in [0.25, 0.3) is 0 Å². The van der Waals surface area contributed by atoms with Crippen LogP contribution in [0.3, 0.4) is 0 Å². The fraction of sp³-hybridized carbons (Fsp3) is 0.600. The lowest BCUT2D eigenvalue weighted by molar-refractivity contribution is -0.115. The Hall–Kier alpha value is -0.570. The van der Waals surface area contributed by atoms with E-state index in [-0.39, 0.29) is 5.60 Å². The maximum Gasteiger partial charge on any atom is 0.0943 e. The molecule has 1 aromatic rings. The first-order chi connectivity index (χ1) is 8.68. The van der Waals surface area contributed by atoms with Crippen molar-refractivity contribution in [3.8, 4) is 0 Å². The van der Waals surface area contributed by atoms with E-state index in [2.05, 4.69) is 0 Å². The Kier molecular flexibility index (Phi) is 4.66. The number of hydrogen-bond donors (Lipinski definition) is 1. The van der Waals surface area contributed by atoms with Crippen LogP contribution in [0.15, 0.2) is 24.3 Å². The van der Waals surface area contributed by atoms with Gasteiger partial charge in [0.05, 0.1) is 11.7 Å². The average Bonchev–Trinajstić information content (AvgIpc) is 2.82. The molecule has 1 atom stereocenters. The van der Waals surface area contributed by atoms with Crippen molar-refractivity contribution in [1.82, 2.24) is 0 Å². The normalized spacial score (nSPS) is 19.9. The summed E-state index contributed by atoms with van der Waals surface area (Å²) in [4.78, 5) is 0. The molecule has 0 saturated heterocycles. The molecular formula is C15H21ClO2. The smallest absolute Gasteiger partial charge is 0.0943 e. The van der Waals surface area contributed by atoms with Gasteiger partial charge in [-0.25, -0.2) is 0 Å². The molecule has 0 heterocycles. The highest BCUT2D eigenvalue weighted by Crippen LogP contribution is 2.37. The molecule has 1 aliphatic rings. The highest BCUT2D eigenvalue weighted by Gasteiger charge is 2.41. The van der Waals surface area contributed by atoms with Crippen LogP contribution in [0.5, 0.6) is 0 Å². The van der Waals surface area contributed by atoms with Crippen molar-refractivity contribution in [2.75, 3.05) is 6.61 Å². The van der Waals surface area contributed by atoms with E-state index in [1.807, 2.05) is 31.2 Å². The fourth-order valence-electron chi connectivity index (χ4n) is 2.89. The second-order valence-corrected chi connectivity index (χ2v) is 5.42. The summed E-state index contributed by atoms with van der Waals surface area (Å²) < 4.78 is 5.87. The van der Waals surface area contributed by atoms with E-state index in [9.17, 15) is 5.11 Å². The van der Waals surface area contributed by atoms with Crippen LogP contribution in [0, 0.1) is 0 Å². The summed E-state index contributed by atoms with van der Waals surface area (Å²) in [5, 5.41) is 11.2. The molecule has 1 N–H and O–H groups in total. The van der Waals surface area contributed by atoms with Gasteiger partial charge in [0.2, 0.25) is 0 Å². The van der Waals surface area contributed by atoms with Crippen molar-refractivity contribution >= 4 is 11.6 Å². The standard InChI is InChI=1S/C15H21ClO2/c1-2-18-15(9-5-6-10-15)14(17)11-12-7-3-4-8-13(12)16/h3-4,7-8,14,17H,2,5-6,9-11H2,1H3. The van der Waals surface area contributed by atoms with E-state index in [4.69, 9.17) is 16.3 Å². The third-order valence-corrected chi connectivity index (χ3v) is 4.23. The van der Waals surface area contributed by atoms with Crippen LogP contribution in [-0.2, 0) is 11.2 Å². The van der Waals surface area contributed by atoms with E-state index in [1.54, 1.807) is 0 Å². The Morgan fingerprint density at radius 2 is 2.00 bits per heavy atom. The molecular weight excluding hydrogens is 248 g/mol. The number of aliphatic hydroxyl groups is 1. The maximum atomic E-state index is 10.5. The zero-order valence-corrected chi connectivity index (χ0v) is 11.6. The molecule has 0 aliphatic heterocycles. The molecule has 1 aromatic carbocycles. The summed E-state index contributed by atoms with van der Waals surface area (Å²) in [6.07, 6.45) is 4.28. The number of benzene rings is 1. The first-order valence-corrected chi connectivity index (χ1v) is 7.11. The molecule has 2 rings (SSSR count). The van der Waals surface area contributed by atoms with Gasteiger partial charge in [0.15, 0.2) is 0 Å². The minimum atomic E-state index is -0.472. The van der Waals surface area contributed by atoms with Crippen molar-refractivity contribution in [1.29, 1.82) is 0 Å². The van der Waals surface area contributed by atoms with Gasteiger partial charge in [-0.2, -0.15) is 0 Å². The van der Waals surface area contributed by atoms with Crippen molar-refractivity contribution < 1.29 is 9.84 Å². The largest absolute Gasteiger partial charge is 0.390 e. The molecule has 0 bridgehead atoms. The predicted octanol–water partition coefficient (Wildman–Crippen LogP) is 3.59. The molecule has 3 heteroatoms. The summed E-state index contributed by atoms with van der Waals surface area (Å²) in [5.74, 6) is 0. The maximum absolute atomic E-state index is 10.5. The Morgan fingerprint density at radius 3 is 2.61 bits per heavy atom. The SMILES string of the molecule is CCOC1(C(O)Cc2ccccc2Cl)CCCC1. The first kappa shape index (κ1) is 13.9. The van der Waals surface area contributed by atoms with Crippen LogP contribution in [0.2, 0.25) is 5.02 Å². The van der Waals surface area contributed by atoms with Crippen LogP contribution in [-0.4, -0.2) is 23.4 Å². The minimum Gasteiger partial charge on any atom is -0.390 e. The number of rotatable bonds is 5. The third kappa shape index (κ3) is 2.87. The molecule has 1 fully saturated rings.